The molecule has 0 saturated heterocycles. The van der Waals surface area contributed by atoms with Gasteiger partial charge in [-0.15, -0.1) is 24.8 Å². The second-order valence-corrected chi connectivity index (χ2v) is 22.4. The molecule has 0 aliphatic carbocycles. The van der Waals surface area contributed by atoms with Gasteiger partial charge in [-0.1, -0.05) is 92.8 Å². The summed E-state index contributed by atoms with van der Waals surface area (Å²) in [5.74, 6) is -1.69. The van der Waals surface area contributed by atoms with Crippen LogP contribution in [0.2, 0.25) is 40.2 Å². The highest BCUT2D eigenvalue weighted by Crippen LogP contribution is 2.38. The minimum absolute atomic E-state index is 0. The first-order chi connectivity index (χ1) is 39.2. The number of benzene rings is 4. The third kappa shape index (κ3) is 27.4. The molecule has 0 fully saturated rings. The molecule has 0 amide bonds. The van der Waals surface area contributed by atoms with Gasteiger partial charge in [0, 0.05) is 42.6 Å². The van der Waals surface area contributed by atoms with Crippen LogP contribution in [0.4, 0.5) is 22.7 Å². The van der Waals surface area contributed by atoms with E-state index in [2.05, 4.69) is 15.0 Å². The summed E-state index contributed by atoms with van der Waals surface area (Å²) in [6.45, 7) is 21.0. The van der Waals surface area contributed by atoms with Crippen LogP contribution in [0.3, 0.4) is 0 Å². The van der Waals surface area contributed by atoms with E-state index in [0.29, 0.717) is 31.5 Å². The van der Waals surface area contributed by atoms with Gasteiger partial charge in [0.1, 0.15) is 16.6 Å². The topological polar surface area (TPSA) is 345 Å². The van der Waals surface area contributed by atoms with Gasteiger partial charge in [0.05, 0.1) is 103 Å². The minimum atomic E-state index is -1.18. The molecule has 0 radical (unpaired) electrons. The maximum Gasteiger partial charge on any atom is 0.333 e. The van der Waals surface area contributed by atoms with Crippen molar-refractivity contribution in [2.24, 2.45) is 16.1 Å². The smallest absolute Gasteiger partial charge is 0.333 e. The Morgan fingerprint density at radius 1 is 0.517 bits per heavy atom. The number of aliphatic imine (C=N–C) groups is 1. The largest absolute Gasteiger partial charge is 0.466 e. The van der Waals surface area contributed by atoms with Crippen LogP contribution < -0.4 is 11.1 Å². The molecule has 0 unspecified atom stereocenters. The Balaban J connectivity index is -0.00000104. The number of carbonyl (C=O) groups is 5. The first kappa shape index (κ1) is 85.7. The summed E-state index contributed by atoms with van der Waals surface area (Å²) in [7, 11) is 0. The summed E-state index contributed by atoms with van der Waals surface area (Å²) < 4.78 is 19.5. The van der Waals surface area contributed by atoms with Gasteiger partial charge >= 0.3 is 23.9 Å². The summed E-state index contributed by atoms with van der Waals surface area (Å²) in [5, 5.41) is 47.3. The van der Waals surface area contributed by atoms with Crippen LogP contribution >= 0.6 is 118 Å². The highest BCUT2D eigenvalue weighted by molar-refractivity contribution is 6.45. The number of nitro benzene ring substituents is 4. The number of nitrogens with two attached hydrogens (primary N) is 1. The van der Waals surface area contributed by atoms with Crippen molar-refractivity contribution in [3.8, 4) is 0 Å². The van der Waals surface area contributed by atoms with Gasteiger partial charge < -0.3 is 24.7 Å². The van der Waals surface area contributed by atoms with Crippen molar-refractivity contribution in [3.05, 3.63) is 151 Å². The van der Waals surface area contributed by atoms with E-state index in [1.165, 1.54) is 62.5 Å². The molecule has 0 bridgehead atoms. The molecule has 0 saturated carbocycles. The normalized spacial score (nSPS) is 10.9. The molecule has 87 heavy (non-hydrogen) atoms. The van der Waals surface area contributed by atoms with E-state index in [1.807, 2.05) is 0 Å². The fourth-order valence-corrected chi connectivity index (χ4v) is 7.62. The van der Waals surface area contributed by atoms with Gasteiger partial charge in [0.2, 0.25) is 0 Å². The van der Waals surface area contributed by atoms with Crippen LogP contribution in [0.25, 0.3) is 0 Å². The zero-order valence-electron chi connectivity index (χ0n) is 48.8. The number of rotatable bonds is 21. The molecule has 484 valence electrons. The molecule has 34 heteroatoms. The Labute approximate surface area is 554 Å². The van der Waals surface area contributed by atoms with Crippen molar-refractivity contribution in [2.75, 3.05) is 26.4 Å². The van der Waals surface area contributed by atoms with E-state index in [9.17, 15) is 64.4 Å². The van der Waals surface area contributed by atoms with E-state index >= 15 is 0 Å². The van der Waals surface area contributed by atoms with E-state index in [4.69, 9.17) is 113 Å². The Morgan fingerprint density at radius 3 is 1.23 bits per heavy atom. The SMILES string of the molecule is CCOC(=O)C(C)(C)CCc1c([N+](=O)[O-])ccc(Cl)c1Cl.CCOC(=O)C(C)(C)N.CCOC(=O)C(C)(C)N=Cc1c([N+](=O)[O-])ccc(Cl)c1Cl.CCOC(=O)C(C)(C)NCc1c([N+](=O)[O-])ccc(Cl)c1Cl.Cl.Cl.O=Cc1c([N+](=O)[O-])ccc(Cl)c1Cl. The molecule has 0 spiro atoms. The summed E-state index contributed by atoms with van der Waals surface area (Å²) in [5.41, 5.74) is 1.18. The van der Waals surface area contributed by atoms with Crippen molar-refractivity contribution >= 4 is 177 Å². The van der Waals surface area contributed by atoms with Crippen LogP contribution in [0.15, 0.2) is 53.5 Å². The molecule has 4 rings (SSSR count). The van der Waals surface area contributed by atoms with Crippen molar-refractivity contribution in [1.29, 1.82) is 0 Å². The third-order valence-corrected chi connectivity index (χ3v) is 14.2. The molecular weight excluding hydrogens is 1360 g/mol. The monoisotopic (exact) mass is 1420 g/mol. The molecule has 24 nitrogen and oxygen atoms in total. The predicted octanol–water partition coefficient (Wildman–Crippen LogP) is 15.3. The standard InChI is InChI=1S/C14H17Cl2NO4.C13H16Cl2N2O4.C13H14Cl2N2O4.C7H3Cl2NO3.C6H13NO2.2ClH/c1-4-21-13(18)14(2,3)8-7-9-11(17(19)20)6-5-10(15)12(9)16;2*1-4-21-12(18)13(2,3)16-7-8-10(17(19)20)6-5-9(14)11(8)15;8-5-1-2-6(10(12)13)4(3-11)7(5)9;1-4-9-5(8)6(2,3)7;;/h5-6H,4,7-8H2,1-3H3;5-6,16H,4,7H2,1-3H3;5-7H,4H2,1-3H3;1-3H;4,7H2,1-3H3;2*1H. The van der Waals surface area contributed by atoms with Crippen LogP contribution in [0.5, 0.6) is 0 Å². The number of hydrogen-bond donors (Lipinski definition) is 2. The average molecular weight is 1430 g/mol. The maximum absolute atomic E-state index is 11.8. The zero-order chi connectivity index (χ0) is 66.1. The molecule has 0 atom stereocenters. The van der Waals surface area contributed by atoms with Crippen LogP contribution in [0, 0.1) is 45.9 Å². The van der Waals surface area contributed by atoms with E-state index < -0.39 is 53.7 Å². The number of nitrogens with zero attached hydrogens (tertiary/aromatic N) is 5. The van der Waals surface area contributed by atoms with E-state index in [0.717, 1.165) is 6.07 Å². The fourth-order valence-electron chi connectivity index (χ4n) is 6.04. The number of nitrogens with one attached hydrogen (secondary N) is 1. The van der Waals surface area contributed by atoms with Crippen molar-refractivity contribution < 1.29 is 62.6 Å². The average Bonchev–Trinajstić information content (AvgIpc) is 2.70. The van der Waals surface area contributed by atoms with Gasteiger partial charge in [0.25, 0.3) is 22.7 Å². The molecule has 4 aromatic carbocycles. The number of halogens is 10. The first-order valence-electron chi connectivity index (χ1n) is 24.9. The van der Waals surface area contributed by atoms with Gasteiger partial charge in [-0.25, -0.2) is 4.79 Å². The van der Waals surface area contributed by atoms with Crippen LogP contribution in [-0.4, -0.2) is 99.1 Å². The lowest BCUT2D eigenvalue weighted by molar-refractivity contribution is -0.385. The molecular formula is C53H65Cl10N7O17. The number of hydrogen-bond acceptors (Lipinski definition) is 20. The number of carbonyl (C=O) groups excluding carboxylic acids is 5. The second kappa shape index (κ2) is 39.5. The summed E-state index contributed by atoms with van der Waals surface area (Å²) >= 11 is 46.8. The lowest BCUT2D eigenvalue weighted by Gasteiger charge is -2.24. The number of ether oxygens (including phenoxy) is 4. The van der Waals surface area contributed by atoms with E-state index in [-0.39, 0.29) is 143 Å². The zero-order valence-corrected chi connectivity index (χ0v) is 56.5. The molecule has 3 N–H and O–H groups in total. The summed E-state index contributed by atoms with van der Waals surface area (Å²) in [4.78, 5) is 102. The minimum Gasteiger partial charge on any atom is -0.466 e. The molecule has 0 aromatic heterocycles. The molecule has 0 aliphatic heterocycles. The van der Waals surface area contributed by atoms with Crippen molar-refractivity contribution in [2.45, 2.75) is 119 Å². The molecule has 0 aliphatic rings. The van der Waals surface area contributed by atoms with Crippen LogP contribution in [-0.2, 0) is 51.1 Å². The van der Waals surface area contributed by atoms with Gasteiger partial charge in [0.15, 0.2) is 11.8 Å². The molecule has 0 heterocycles. The first-order valence-corrected chi connectivity index (χ1v) is 27.9. The summed E-state index contributed by atoms with van der Waals surface area (Å²) in [6, 6.07) is 10.3. The van der Waals surface area contributed by atoms with E-state index in [1.54, 1.807) is 69.2 Å². The highest BCUT2D eigenvalue weighted by Gasteiger charge is 2.33. The predicted molar refractivity (Wildman–Crippen MR) is 342 cm³/mol. The van der Waals surface area contributed by atoms with Gasteiger partial charge in [-0.05, 0) is 120 Å². The Kier molecular flexibility index (Phi) is 38.9. The highest BCUT2D eigenvalue weighted by atomic mass is 35.5. The quantitative estimate of drug-likeness (QED) is 0.0195. The Bertz CT molecular complexity index is 3010. The van der Waals surface area contributed by atoms with Crippen LogP contribution in [0.1, 0.15) is 117 Å². The Hall–Kier alpha value is -5.48. The van der Waals surface area contributed by atoms with Gasteiger partial charge in [-0.2, -0.15) is 0 Å². The third-order valence-electron chi connectivity index (χ3n) is 10.9. The second-order valence-electron chi connectivity index (χ2n) is 19.2. The molecule has 4 aromatic rings. The lowest BCUT2D eigenvalue weighted by atomic mass is 9.86. The lowest BCUT2D eigenvalue weighted by Crippen LogP contribution is -2.47. The number of nitro groups is 4. The van der Waals surface area contributed by atoms with Crippen molar-refractivity contribution in [3.63, 3.8) is 0 Å². The fraction of sp³-hybridized carbons (Fsp3) is 0.434. The number of aldehydes is 1. The van der Waals surface area contributed by atoms with Crippen molar-refractivity contribution in [1.82, 2.24) is 5.32 Å². The summed E-state index contributed by atoms with van der Waals surface area (Å²) in [6.07, 6.45) is 2.11. The maximum atomic E-state index is 11.8. The van der Waals surface area contributed by atoms with Gasteiger partial charge in [-0.3, -0.25) is 69.9 Å². The Morgan fingerprint density at radius 2 is 0.851 bits per heavy atom. The number of esters is 4.